The lowest BCUT2D eigenvalue weighted by Crippen LogP contribution is -2.21. The molecule has 1 atom stereocenters. The summed E-state index contributed by atoms with van der Waals surface area (Å²) in [7, 11) is 0. The minimum absolute atomic E-state index is 0.00697. The number of hydrogen-bond acceptors (Lipinski definition) is 7. The second kappa shape index (κ2) is 10.0. The molecule has 186 valence electrons. The molecule has 1 aliphatic rings. The van der Waals surface area contributed by atoms with Crippen LogP contribution in [0.2, 0.25) is 0 Å². The third kappa shape index (κ3) is 4.54. The molecule has 1 aliphatic heterocycles. The molecular formula is C29H23BrN2O5. The zero-order chi connectivity index (χ0) is 26.1. The molecular weight excluding hydrogens is 536 g/mol. The number of carbonyl (C=O) groups is 1. The fraction of sp³-hybridized carbons (Fsp3) is 0.172. The highest BCUT2D eigenvalue weighted by atomic mass is 79.9. The number of nitrogens with zero attached hydrogens (tertiary/aromatic N) is 1. The summed E-state index contributed by atoms with van der Waals surface area (Å²) in [4.78, 5) is 13.0. The van der Waals surface area contributed by atoms with Gasteiger partial charge in [-0.05, 0) is 43.7 Å². The van der Waals surface area contributed by atoms with Gasteiger partial charge < -0.3 is 24.4 Å². The van der Waals surface area contributed by atoms with Crippen molar-refractivity contribution in [3.8, 4) is 23.3 Å². The molecule has 0 amide bonds. The van der Waals surface area contributed by atoms with Gasteiger partial charge in [-0.1, -0.05) is 47.1 Å². The monoisotopic (exact) mass is 558 g/mol. The number of allylic oxidation sites excluding steroid dienone is 1. The normalized spacial score (nSPS) is 14.6. The second-order valence-electron chi connectivity index (χ2n) is 8.60. The molecule has 1 unspecified atom stereocenters. The topological polar surface area (TPSA) is 108 Å². The number of nitrogens with two attached hydrogens (primary N) is 1. The van der Waals surface area contributed by atoms with E-state index in [2.05, 4.69) is 22.0 Å². The van der Waals surface area contributed by atoms with E-state index in [9.17, 15) is 10.1 Å². The van der Waals surface area contributed by atoms with Crippen LogP contribution in [0.4, 0.5) is 0 Å². The molecule has 0 fully saturated rings. The molecule has 0 saturated carbocycles. The molecule has 5 rings (SSSR count). The van der Waals surface area contributed by atoms with E-state index in [4.69, 9.17) is 24.4 Å². The average molecular weight is 559 g/mol. The fourth-order valence-electron chi connectivity index (χ4n) is 4.42. The summed E-state index contributed by atoms with van der Waals surface area (Å²) >= 11 is 3.44. The molecule has 0 bridgehead atoms. The molecule has 3 aromatic carbocycles. The van der Waals surface area contributed by atoms with Gasteiger partial charge in [-0.3, -0.25) is 0 Å². The van der Waals surface area contributed by atoms with E-state index in [0.717, 1.165) is 21.8 Å². The van der Waals surface area contributed by atoms with Gasteiger partial charge in [-0.25, -0.2) is 4.79 Å². The summed E-state index contributed by atoms with van der Waals surface area (Å²) in [6, 6.07) is 20.3. The number of rotatable bonds is 6. The number of hydrogen-bond donors (Lipinski definition) is 1. The maximum absolute atomic E-state index is 13.0. The van der Waals surface area contributed by atoms with E-state index in [0.29, 0.717) is 34.8 Å². The molecule has 2 heterocycles. The molecule has 8 heteroatoms. The smallest absolute Gasteiger partial charge is 0.379 e. The van der Waals surface area contributed by atoms with Crippen LogP contribution in [0.5, 0.6) is 17.2 Å². The number of ether oxygens (including phenoxy) is 3. The first-order chi connectivity index (χ1) is 17.9. The largest absolute Gasteiger partial charge is 0.493 e. The predicted molar refractivity (Wildman–Crippen MR) is 142 cm³/mol. The number of halogens is 1. The minimum Gasteiger partial charge on any atom is -0.493 e. The Morgan fingerprint density at radius 3 is 2.73 bits per heavy atom. The van der Waals surface area contributed by atoms with Crippen LogP contribution >= 0.6 is 15.9 Å². The Morgan fingerprint density at radius 2 is 1.95 bits per heavy atom. The first-order valence-corrected chi connectivity index (χ1v) is 12.5. The molecule has 1 aromatic heterocycles. The predicted octanol–water partition coefficient (Wildman–Crippen LogP) is 6.73. The highest BCUT2D eigenvalue weighted by Crippen LogP contribution is 2.46. The number of aryl methyl sites for hydroxylation is 1. The van der Waals surface area contributed by atoms with Gasteiger partial charge >= 0.3 is 5.97 Å². The Labute approximate surface area is 222 Å². The zero-order valence-electron chi connectivity index (χ0n) is 20.2. The lowest BCUT2D eigenvalue weighted by atomic mass is 9.83. The van der Waals surface area contributed by atoms with E-state index in [-0.39, 0.29) is 23.0 Å². The lowest BCUT2D eigenvalue weighted by molar-refractivity contribution is 0.0702. The Kier molecular flexibility index (Phi) is 6.64. The van der Waals surface area contributed by atoms with Crippen LogP contribution in [0.25, 0.3) is 11.0 Å². The van der Waals surface area contributed by atoms with Crippen molar-refractivity contribution in [3.63, 3.8) is 0 Å². The molecule has 4 aromatic rings. The summed E-state index contributed by atoms with van der Waals surface area (Å²) < 4.78 is 24.0. The van der Waals surface area contributed by atoms with Gasteiger partial charge in [0.15, 0.2) is 0 Å². The van der Waals surface area contributed by atoms with E-state index in [1.165, 1.54) is 0 Å². The summed E-state index contributed by atoms with van der Waals surface area (Å²) in [6.45, 7) is 4.38. The van der Waals surface area contributed by atoms with Crippen LogP contribution in [0, 0.1) is 18.3 Å². The first-order valence-electron chi connectivity index (χ1n) is 11.7. The van der Waals surface area contributed by atoms with E-state index in [1.807, 2.05) is 50.2 Å². The van der Waals surface area contributed by atoms with Gasteiger partial charge in [0.1, 0.15) is 34.5 Å². The molecule has 0 saturated heterocycles. The molecule has 7 nitrogen and oxygen atoms in total. The third-order valence-corrected chi connectivity index (χ3v) is 6.67. The minimum atomic E-state index is -0.628. The molecule has 0 aliphatic carbocycles. The van der Waals surface area contributed by atoms with Crippen molar-refractivity contribution in [3.05, 3.63) is 99.0 Å². The van der Waals surface area contributed by atoms with Gasteiger partial charge in [0.05, 0.1) is 12.5 Å². The number of benzene rings is 3. The van der Waals surface area contributed by atoms with Crippen molar-refractivity contribution in [2.24, 2.45) is 5.73 Å². The van der Waals surface area contributed by atoms with Crippen LogP contribution < -0.4 is 19.9 Å². The van der Waals surface area contributed by atoms with Crippen molar-refractivity contribution in [2.75, 3.05) is 6.61 Å². The molecule has 2 N–H and O–H groups in total. The van der Waals surface area contributed by atoms with Crippen LogP contribution in [0.3, 0.4) is 0 Å². The van der Waals surface area contributed by atoms with Crippen LogP contribution in [0.15, 0.2) is 81.0 Å². The maximum atomic E-state index is 13.0. The summed E-state index contributed by atoms with van der Waals surface area (Å²) in [5.41, 5.74) is 9.24. The third-order valence-electron chi connectivity index (χ3n) is 6.18. The van der Waals surface area contributed by atoms with Crippen molar-refractivity contribution >= 4 is 32.9 Å². The van der Waals surface area contributed by atoms with Gasteiger partial charge in [0, 0.05) is 32.6 Å². The first kappa shape index (κ1) is 24.5. The summed E-state index contributed by atoms with van der Waals surface area (Å²) in [5.74, 6) is 0.310. The SMILES string of the molecule is CCCOc1ccccc1C1C(C#N)=C(N)Oc2cc(OC(=O)c3oc4ccc(Br)cc4c3C)ccc21. The summed E-state index contributed by atoms with van der Waals surface area (Å²) in [5, 5.41) is 10.7. The quantitative estimate of drug-likeness (QED) is 0.206. The number of nitriles is 1. The molecule has 37 heavy (non-hydrogen) atoms. The highest BCUT2D eigenvalue weighted by molar-refractivity contribution is 9.10. The van der Waals surface area contributed by atoms with Crippen molar-refractivity contribution in [1.82, 2.24) is 0 Å². The Bertz CT molecular complexity index is 1600. The Morgan fingerprint density at radius 1 is 1.14 bits per heavy atom. The Balaban J connectivity index is 1.50. The van der Waals surface area contributed by atoms with Gasteiger partial charge in [0.2, 0.25) is 11.6 Å². The summed E-state index contributed by atoms with van der Waals surface area (Å²) in [6.07, 6.45) is 0.846. The van der Waals surface area contributed by atoms with Gasteiger partial charge in [-0.2, -0.15) is 5.26 Å². The second-order valence-corrected chi connectivity index (χ2v) is 9.51. The molecule has 0 radical (unpaired) electrons. The number of esters is 1. The Hall–Kier alpha value is -4.22. The highest BCUT2D eigenvalue weighted by Gasteiger charge is 2.33. The number of fused-ring (bicyclic) bond motifs is 2. The average Bonchev–Trinajstić information content (AvgIpc) is 3.22. The van der Waals surface area contributed by atoms with Crippen LogP contribution in [0.1, 0.15) is 46.5 Å². The van der Waals surface area contributed by atoms with E-state index >= 15 is 0 Å². The van der Waals surface area contributed by atoms with Crippen molar-refractivity contribution in [2.45, 2.75) is 26.2 Å². The zero-order valence-corrected chi connectivity index (χ0v) is 21.8. The van der Waals surface area contributed by atoms with Gasteiger partial charge in [-0.15, -0.1) is 0 Å². The van der Waals surface area contributed by atoms with Crippen LogP contribution in [-0.4, -0.2) is 12.6 Å². The number of furan rings is 1. The van der Waals surface area contributed by atoms with E-state index < -0.39 is 11.9 Å². The van der Waals surface area contributed by atoms with Gasteiger partial charge in [0.25, 0.3) is 0 Å². The fourth-order valence-corrected chi connectivity index (χ4v) is 4.78. The van der Waals surface area contributed by atoms with Crippen LogP contribution in [-0.2, 0) is 0 Å². The van der Waals surface area contributed by atoms with Crippen molar-refractivity contribution in [1.29, 1.82) is 5.26 Å². The standard InChI is InChI=1S/C29H23BrN2O5/c1-3-12-34-23-7-5-4-6-19(23)26-20-10-9-18(14-25(20)37-28(32)22(26)15-31)35-29(33)27-16(2)21-13-17(30)8-11-24(21)36-27/h4-11,13-14,26H,3,12,32H2,1-2H3. The number of para-hydroxylation sites is 1. The molecule has 0 spiro atoms. The number of carbonyl (C=O) groups excluding carboxylic acids is 1. The lowest BCUT2D eigenvalue weighted by Gasteiger charge is -2.28. The maximum Gasteiger partial charge on any atom is 0.379 e. The van der Waals surface area contributed by atoms with E-state index in [1.54, 1.807) is 24.3 Å². The van der Waals surface area contributed by atoms with Crippen molar-refractivity contribution < 1.29 is 23.4 Å².